The summed E-state index contributed by atoms with van der Waals surface area (Å²) in [6, 6.07) is 0. The Balaban J connectivity index is 2.10. The van der Waals surface area contributed by atoms with E-state index in [0.29, 0.717) is 5.92 Å². The monoisotopic (exact) mass is 236 g/mol. The van der Waals surface area contributed by atoms with Gasteiger partial charge in [-0.1, -0.05) is 0 Å². The van der Waals surface area contributed by atoms with Crippen LogP contribution < -0.4 is 11.1 Å². The molecule has 1 rings (SSSR count). The van der Waals surface area contributed by atoms with E-state index in [9.17, 15) is 4.79 Å². The lowest BCUT2D eigenvalue weighted by molar-refractivity contribution is -0.126. The van der Waals surface area contributed by atoms with E-state index in [4.69, 9.17) is 12.2 Å². The first-order chi connectivity index (χ1) is 8.27. The number of amides is 1. The Bertz CT molecular complexity index is 262. The predicted octanol–water partition coefficient (Wildman–Crippen LogP) is 1.67. The zero-order valence-corrected chi connectivity index (χ0v) is 10.6. The highest BCUT2D eigenvalue weighted by Crippen LogP contribution is 2.28. The van der Waals surface area contributed by atoms with Crippen LogP contribution in [0.15, 0.2) is 0 Å². The predicted molar refractivity (Wildman–Crippen MR) is 70.2 cm³/mol. The Hall–Kier alpha value is -1.01. The highest BCUT2D eigenvalue weighted by atomic mass is 16.1. The first kappa shape index (κ1) is 14.1. The van der Waals surface area contributed by atoms with E-state index < -0.39 is 0 Å². The molecule has 3 heteroatoms. The molecule has 0 saturated heterocycles. The summed E-state index contributed by atoms with van der Waals surface area (Å²) in [5.74, 6) is 3.68. The fourth-order valence-electron chi connectivity index (χ4n) is 2.37. The molecule has 3 nitrogen and oxygen atoms in total. The first-order valence-corrected chi connectivity index (χ1v) is 6.69. The summed E-state index contributed by atoms with van der Waals surface area (Å²) in [5.41, 5.74) is 5.63. The zero-order chi connectivity index (χ0) is 12.5. The van der Waals surface area contributed by atoms with Gasteiger partial charge in [-0.15, -0.1) is 12.3 Å². The average Bonchev–Trinajstić information content (AvgIpc) is 2.38. The van der Waals surface area contributed by atoms with Gasteiger partial charge < -0.3 is 11.1 Å². The molecule has 0 heterocycles. The Morgan fingerprint density at radius 1 is 1.29 bits per heavy atom. The minimum atomic E-state index is 0.213. The van der Waals surface area contributed by atoms with E-state index in [2.05, 4.69) is 11.2 Å². The molecule has 1 saturated carbocycles. The van der Waals surface area contributed by atoms with Crippen LogP contribution >= 0.6 is 0 Å². The molecular weight excluding hydrogens is 212 g/mol. The molecule has 0 radical (unpaired) electrons. The number of terminal acetylenes is 1. The molecule has 0 aliphatic heterocycles. The van der Waals surface area contributed by atoms with Crippen molar-refractivity contribution < 1.29 is 4.79 Å². The molecule has 1 amide bonds. The van der Waals surface area contributed by atoms with Gasteiger partial charge in [-0.2, -0.15) is 0 Å². The van der Waals surface area contributed by atoms with Gasteiger partial charge in [0.1, 0.15) is 0 Å². The largest absolute Gasteiger partial charge is 0.356 e. The Morgan fingerprint density at radius 3 is 2.59 bits per heavy atom. The lowest BCUT2D eigenvalue weighted by Gasteiger charge is -2.26. The van der Waals surface area contributed by atoms with E-state index in [1.54, 1.807) is 0 Å². The number of hydrogen-bond acceptors (Lipinski definition) is 2. The van der Waals surface area contributed by atoms with Gasteiger partial charge in [-0.3, -0.25) is 4.79 Å². The summed E-state index contributed by atoms with van der Waals surface area (Å²) < 4.78 is 0. The maximum absolute atomic E-state index is 11.8. The van der Waals surface area contributed by atoms with Crippen LogP contribution in [0.25, 0.3) is 0 Å². The molecule has 0 atom stereocenters. The van der Waals surface area contributed by atoms with E-state index in [1.807, 2.05) is 0 Å². The first-order valence-electron chi connectivity index (χ1n) is 6.69. The second kappa shape index (κ2) is 8.14. The second-order valence-electron chi connectivity index (χ2n) is 4.91. The summed E-state index contributed by atoms with van der Waals surface area (Å²) in [5, 5.41) is 3.01. The molecular formula is C14H24N2O. The minimum absolute atomic E-state index is 0.213. The molecule has 1 aliphatic rings. The zero-order valence-electron chi connectivity index (χ0n) is 10.6. The summed E-state index contributed by atoms with van der Waals surface area (Å²) >= 11 is 0. The lowest BCUT2D eigenvalue weighted by Crippen LogP contribution is -2.34. The smallest absolute Gasteiger partial charge is 0.223 e. The fourth-order valence-corrected chi connectivity index (χ4v) is 2.37. The molecule has 0 aromatic rings. The summed E-state index contributed by atoms with van der Waals surface area (Å²) in [6.07, 6.45) is 12.1. The van der Waals surface area contributed by atoms with Crippen LogP contribution in [0.2, 0.25) is 0 Å². The van der Waals surface area contributed by atoms with E-state index in [-0.39, 0.29) is 11.8 Å². The SMILES string of the molecule is C#CCCCCNC(=O)C1CCC(CN)CC1. The van der Waals surface area contributed by atoms with Crippen molar-refractivity contribution in [2.45, 2.75) is 44.9 Å². The number of carbonyl (C=O) groups excluding carboxylic acids is 1. The van der Waals surface area contributed by atoms with Gasteiger partial charge in [0.2, 0.25) is 5.91 Å². The maximum Gasteiger partial charge on any atom is 0.223 e. The molecule has 1 fully saturated rings. The number of rotatable bonds is 6. The number of hydrogen-bond donors (Lipinski definition) is 2. The Morgan fingerprint density at radius 2 is 2.00 bits per heavy atom. The van der Waals surface area contributed by atoms with Crippen LogP contribution in [-0.4, -0.2) is 19.0 Å². The van der Waals surface area contributed by atoms with Crippen molar-refractivity contribution in [2.75, 3.05) is 13.1 Å². The van der Waals surface area contributed by atoms with Gasteiger partial charge in [0.25, 0.3) is 0 Å². The van der Waals surface area contributed by atoms with Crippen LogP contribution in [0.4, 0.5) is 0 Å². The molecule has 3 N–H and O–H groups in total. The van der Waals surface area contributed by atoms with Crippen molar-refractivity contribution in [3.8, 4) is 12.3 Å². The van der Waals surface area contributed by atoms with Crippen molar-refractivity contribution in [2.24, 2.45) is 17.6 Å². The minimum Gasteiger partial charge on any atom is -0.356 e. The molecule has 0 aromatic heterocycles. The Labute approximate surface area is 105 Å². The summed E-state index contributed by atoms with van der Waals surface area (Å²) in [4.78, 5) is 11.8. The van der Waals surface area contributed by atoms with Crippen molar-refractivity contribution in [1.29, 1.82) is 0 Å². The Kier molecular flexibility index (Phi) is 6.73. The third kappa shape index (κ3) is 5.23. The summed E-state index contributed by atoms with van der Waals surface area (Å²) in [6.45, 7) is 1.53. The van der Waals surface area contributed by atoms with Gasteiger partial charge in [0, 0.05) is 18.9 Å². The molecule has 0 aromatic carbocycles. The van der Waals surface area contributed by atoms with Crippen LogP contribution in [0.1, 0.15) is 44.9 Å². The third-order valence-electron chi connectivity index (χ3n) is 3.60. The highest BCUT2D eigenvalue weighted by Gasteiger charge is 2.25. The van der Waals surface area contributed by atoms with Crippen molar-refractivity contribution in [1.82, 2.24) is 5.32 Å². The normalized spacial score (nSPS) is 24.0. The number of carbonyl (C=O) groups is 1. The number of nitrogens with two attached hydrogens (primary N) is 1. The molecule has 0 bridgehead atoms. The molecule has 1 aliphatic carbocycles. The van der Waals surface area contributed by atoms with E-state index in [1.165, 1.54) is 0 Å². The molecule has 0 spiro atoms. The van der Waals surface area contributed by atoms with Crippen LogP contribution in [0.3, 0.4) is 0 Å². The second-order valence-corrected chi connectivity index (χ2v) is 4.91. The van der Waals surface area contributed by atoms with E-state index in [0.717, 1.165) is 58.0 Å². The number of nitrogens with one attached hydrogen (secondary N) is 1. The topological polar surface area (TPSA) is 55.1 Å². The molecule has 17 heavy (non-hydrogen) atoms. The van der Waals surface area contributed by atoms with Gasteiger partial charge in [0.15, 0.2) is 0 Å². The van der Waals surface area contributed by atoms with Crippen molar-refractivity contribution in [3.63, 3.8) is 0 Å². The van der Waals surface area contributed by atoms with Crippen LogP contribution in [0.5, 0.6) is 0 Å². The lowest BCUT2D eigenvalue weighted by atomic mass is 9.81. The molecule has 96 valence electrons. The van der Waals surface area contributed by atoms with Crippen LogP contribution in [-0.2, 0) is 4.79 Å². The van der Waals surface area contributed by atoms with Crippen molar-refractivity contribution >= 4 is 5.91 Å². The van der Waals surface area contributed by atoms with Crippen LogP contribution in [0, 0.1) is 24.2 Å². The van der Waals surface area contributed by atoms with Crippen molar-refractivity contribution in [3.05, 3.63) is 0 Å². The maximum atomic E-state index is 11.8. The summed E-state index contributed by atoms with van der Waals surface area (Å²) in [7, 11) is 0. The quantitative estimate of drug-likeness (QED) is 0.544. The third-order valence-corrected chi connectivity index (χ3v) is 3.60. The molecule has 0 unspecified atom stereocenters. The fraction of sp³-hybridized carbons (Fsp3) is 0.786. The van der Waals surface area contributed by atoms with Gasteiger partial charge in [-0.05, 0) is 51.0 Å². The van der Waals surface area contributed by atoms with Gasteiger partial charge in [0.05, 0.1) is 0 Å². The van der Waals surface area contributed by atoms with E-state index >= 15 is 0 Å². The number of unbranched alkanes of at least 4 members (excludes halogenated alkanes) is 2. The van der Waals surface area contributed by atoms with Gasteiger partial charge >= 0.3 is 0 Å². The van der Waals surface area contributed by atoms with Gasteiger partial charge in [-0.25, -0.2) is 0 Å². The standard InChI is InChI=1S/C14H24N2O/c1-2-3-4-5-10-16-14(17)13-8-6-12(11-15)7-9-13/h1,12-13H,3-11,15H2,(H,16,17). The highest BCUT2D eigenvalue weighted by molar-refractivity contribution is 5.78. The average molecular weight is 236 g/mol.